The summed E-state index contributed by atoms with van der Waals surface area (Å²) >= 11 is 1.63. The number of benzene rings is 2. The maximum Gasteiger partial charge on any atom is 0.174 e. The van der Waals surface area contributed by atoms with Gasteiger partial charge in [0.25, 0.3) is 0 Å². The second-order valence-corrected chi connectivity index (χ2v) is 6.52. The molecule has 2 aromatic carbocycles. The van der Waals surface area contributed by atoms with Crippen LogP contribution in [0.15, 0.2) is 95.2 Å². The molecule has 0 saturated heterocycles. The second-order valence-electron chi connectivity index (χ2n) is 5.15. The van der Waals surface area contributed by atoms with Crippen LogP contribution in [0.25, 0.3) is 0 Å². The maximum atomic E-state index is 5.74. The van der Waals surface area contributed by atoms with Crippen LogP contribution < -0.4 is 0 Å². The van der Waals surface area contributed by atoms with Crippen molar-refractivity contribution in [2.45, 2.75) is 17.3 Å². The highest BCUT2D eigenvalue weighted by molar-refractivity contribution is 7.99. The van der Waals surface area contributed by atoms with Gasteiger partial charge in [-0.15, -0.1) is 0 Å². The molecule has 1 heterocycles. The molecule has 1 atom stereocenters. The Hall–Kier alpha value is -2.59. The Morgan fingerprint density at radius 2 is 1.58 bits per heavy atom. The lowest BCUT2D eigenvalue weighted by Gasteiger charge is -2.12. The van der Waals surface area contributed by atoms with Crippen molar-refractivity contribution in [3.8, 4) is 0 Å². The Bertz CT molecular complexity index is 735. The number of hydrogen-bond donors (Lipinski definition) is 0. The molecule has 120 valence electrons. The van der Waals surface area contributed by atoms with Crippen molar-refractivity contribution in [1.82, 2.24) is 4.98 Å². The zero-order valence-electron chi connectivity index (χ0n) is 13.4. The normalized spacial score (nSPS) is 12.6. The van der Waals surface area contributed by atoms with E-state index in [0.717, 1.165) is 21.7 Å². The average molecular weight is 334 g/mol. The van der Waals surface area contributed by atoms with Crippen molar-refractivity contribution in [3.63, 3.8) is 0 Å². The van der Waals surface area contributed by atoms with Crippen molar-refractivity contribution >= 4 is 17.5 Å². The van der Waals surface area contributed by atoms with E-state index < -0.39 is 0 Å². The first-order chi connectivity index (χ1) is 11.8. The zero-order chi connectivity index (χ0) is 16.6. The molecule has 0 spiro atoms. The molecule has 0 aliphatic heterocycles. The zero-order valence-corrected chi connectivity index (χ0v) is 14.2. The average Bonchev–Trinajstić information content (AvgIpc) is 2.64. The molecule has 3 aromatic rings. The van der Waals surface area contributed by atoms with Gasteiger partial charge in [-0.3, -0.25) is 4.98 Å². The maximum absolute atomic E-state index is 5.74. The van der Waals surface area contributed by atoms with Crippen molar-refractivity contribution in [1.29, 1.82) is 0 Å². The first-order valence-electron chi connectivity index (χ1n) is 7.74. The lowest BCUT2D eigenvalue weighted by Crippen LogP contribution is -2.07. The Morgan fingerprint density at radius 3 is 2.25 bits per heavy atom. The lowest BCUT2D eigenvalue weighted by atomic mass is 10.0. The van der Waals surface area contributed by atoms with Gasteiger partial charge in [0.1, 0.15) is 5.71 Å². The van der Waals surface area contributed by atoms with Gasteiger partial charge in [0.05, 0.1) is 0 Å². The Balaban J connectivity index is 1.79. The van der Waals surface area contributed by atoms with Crippen LogP contribution in [0.5, 0.6) is 0 Å². The number of thioether (sulfide) groups is 1. The lowest BCUT2D eigenvalue weighted by molar-refractivity contribution is 0.134. The van der Waals surface area contributed by atoms with Crippen LogP contribution in [0.4, 0.5) is 0 Å². The third-order valence-corrected chi connectivity index (χ3v) is 4.28. The van der Waals surface area contributed by atoms with E-state index >= 15 is 0 Å². The van der Waals surface area contributed by atoms with Gasteiger partial charge in [0.15, 0.2) is 5.44 Å². The van der Waals surface area contributed by atoms with Crippen LogP contribution in [0.3, 0.4) is 0 Å². The summed E-state index contributed by atoms with van der Waals surface area (Å²) in [6, 6.07) is 24.0. The first-order valence-corrected chi connectivity index (χ1v) is 8.62. The molecule has 0 N–H and O–H groups in total. The summed E-state index contributed by atoms with van der Waals surface area (Å²) in [6.07, 6.45) is 3.55. The quantitative estimate of drug-likeness (QED) is 0.276. The summed E-state index contributed by atoms with van der Waals surface area (Å²) in [6.45, 7) is 1.99. The molecule has 4 heteroatoms. The number of hydrogen-bond acceptors (Lipinski definition) is 4. The van der Waals surface area contributed by atoms with Crippen molar-refractivity contribution in [2.24, 2.45) is 5.16 Å². The Kier molecular flexibility index (Phi) is 5.64. The van der Waals surface area contributed by atoms with Crippen molar-refractivity contribution in [2.75, 3.05) is 0 Å². The SMILES string of the molecule is CC(ON=C(c1ccccc1)c1cccnc1)Sc1ccccc1. The number of nitrogens with zero attached hydrogens (tertiary/aromatic N) is 2. The molecular weight excluding hydrogens is 316 g/mol. The highest BCUT2D eigenvalue weighted by atomic mass is 32.2. The fraction of sp³-hybridized carbons (Fsp3) is 0.100. The minimum absolute atomic E-state index is 0.0946. The van der Waals surface area contributed by atoms with Crippen molar-refractivity contribution < 1.29 is 4.84 Å². The van der Waals surface area contributed by atoms with E-state index in [4.69, 9.17) is 4.84 Å². The molecule has 0 amide bonds. The van der Waals surface area contributed by atoms with E-state index in [0.29, 0.717) is 0 Å². The van der Waals surface area contributed by atoms with Crippen LogP contribution in [0.2, 0.25) is 0 Å². The number of pyridine rings is 1. The molecule has 0 bridgehead atoms. The fourth-order valence-electron chi connectivity index (χ4n) is 2.21. The molecular formula is C20H18N2OS. The molecule has 24 heavy (non-hydrogen) atoms. The molecule has 1 aromatic heterocycles. The van der Waals surface area contributed by atoms with Crippen LogP contribution >= 0.6 is 11.8 Å². The molecule has 0 aliphatic rings. The predicted octanol–water partition coefficient (Wildman–Crippen LogP) is 4.99. The monoisotopic (exact) mass is 334 g/mol. The van der Waals surface area contributed by atoms with Gasteiger partial charge in [-0.1, -0.05) is 65.4 Å². The summed E-state index contributed by atoms with van der Waals surface area (Å²) in [5.74, 6) is 0. The predicted molar refractivity (Wildman–Crippen MR) is 99.2 cm³/mol. The smallest absolute Gasteiger partial charge is 0.174 e. The van der Waals surface area contributed by atoms with Gasteiger partial charge in [0, 0.05) is 28.4 Å². The molecule has 3 nitrogen and oxygen atoms in total. The standard InChI is InChI=1S/C20H18N2OS/c1-16(24-19-12-6-3-7-13-19)23-22-20(17-9-4-2-5-10-17)18-11-8-14-21-15-18/h2-16H,1H3. The van der Waals surface area contributed by atoms with Gasteiger partial charge >= 0.3 is 0 Å². The van der Waals surface area contributed by atoms with E-state index in [2.05, 4.69) is 22.3 Å². The van der Waals surface area contributed by atoms with E-state index in [1.165, 1.54) is 0 Å². The van der Waals surface area contributed by atoms with E-state index in [1.807, 2.05) is 67.6 Å². The molecule has 0 saturated carbocycles. The van der Waals surface area contributed by atoms with Gasteiger partial charge in [0.2, 0.25) is 0 Å². The minimum atomic E-state index is -0.0946. The Labute approximate surface area is 146 Å². The fourth-order valence-corrected chi connectivity index (χ4v) is 2.99. The number of oxime groups is 1. The number of aromatic nitrogens is 1. The summed E-state index contributed by atoms with van der Waals surface area (Å²) in [5.41, 5.74) is 2.62. The van der Waals surface area contributed by atoms with E-state index in [1.54, 1.807) is 24.2 Å². The minimum Gasteiger partial charge on any atom is -0.381 e. The van der Waals surface area contributed by atoms with Gasteiger partial charge in [-0.2, -0.15) is 0 Å². The van der Waals surface area contributed by atoms with Gasteiger partial charge < -0.3 is 4.84 Å². The highest BCUT2D eigenvalue weighted by Crippen LogP contribution is 2.24. The highest BCUT2D eigenvalue weighted by Gasteiger charge is 2.10. The van der Waals surface area contributed by atoms with Crippen LogP contribution in [0.1, 0.15) is 18.1 Å². The summed E-state index contributed by atoms with van der Waals surface area (Å²) in [5, 5.41) is 4.42. The summed E-state index contributed by atoms with van der Waals surface area (Å²) in [4.78, 5) is 11.1. The molecule has 1 unspecified atom stereocenters. The summed E-state index contributed by atoms with van der Waals surface area (Å²) < 4.78 is 0. The Morgan fingerprint density at radius 1 is 0.917 bits per heavy atom. The van der Waals surface area contributed by atoms with Crippen LogP contribution in [-0.2, 0) is 4.84 Å². The molecule has 0 aliphatic carbocycles. The summed E-state index contributed by atoms with van der Waals surface area (Å²) in [7, 11) is 0. The second kappa shape index (κ2) is 8.31. The third-order valence-electron chi connectivity index (χ3n) is 3.32. The largest absolute Gasteiger partial charge is 0.381 e. The molecule has 3 rings (SSSR count). The van der Waals surface area contributed by atoms with E-state index in [-0.39, 0.29) is 5.44 Å². The third kappa shape index (κ3) is 4.46. The molecule has 0 fully saturated rings. The van der Waals surface area contributed by atoms with Crippen molar-refractivity contribution in [3.05, 3.63) is 96.3 Å². The first kappa shape index (κ1) is 16.3. The van der Waals surface area contributed by atoms with Crippen LogP contribution in [0, 0.1) is 0 Å². The van der Waals surface area contributed by atoms with Gasteiger partial charge in [-0.25, -0.2) is 0 Å². The topological polar surface area (TPSA) is 34.5 Å². The number of rotatable bonds is 6. The van der Waals surface area contributed by atoms with Gasteiger partial charge in [-0.05, 0) is 31.2 Å². The van der Waals surface area contributed by atoms with Crippen LogP contribution in [-0.4, -0.2) is 16.1 Å². The van der Waals surface area contributed by atoms with E-state index in [9.17, 15) is 0 Å². The molecule has 0 radical (unpaired) electrons.